The van der Waals surface area contributed by atoms with E-state index in [1.165, 1.54) is 16.1 Å². The molecule has 0 radical (unpaired) electrons. The Morgan fingerprint density at radius 2 is 1.56 bits per heavy atom. The van der Waals surface area contributed by atoms with E-state index in [1.54, 1.807) is 24.3 Å². The van der Waals surface area contributed by atoms with Gasteiger partial charge in [0.2, 0.25) is 21.7 Å². The summed E-state index contributed by atoms with van der Waals surface area (Å²) in [6.07, 6.45) is 1.20. The summed E-state index contributed by atoms with van der Waals surface area (Å²) in [5.74, 6) is 0.459. The van der Waals surface area contributed by atoms with Crippen molar-refractivity contribution in [2.45, 2.75) is 53.1 Å². The highest BCUT2D eigenvalue weighted by atomic mass is 32.2. The van der Waals surface area contributed by atoms with E-state index < -0.39 is 10.0 Å². The van der Waals surface area contributed by atoms with E-state index in [1.807, 2.05) is 56.3 Å². The minimum Gasteiger partial charge on any atom is -0.343 e. The zero-order chi connectivity index (χ0) is 28.4. The highest BCUT2D eigenvalue weighted by Gasteiger charge is 2.22. The van der Waals surface area contributed by atoms with Gasteiger partial charge < -0.3 is 9.84 Å². The molecule has 1 N–H and O–H groups in total. The second kappa shape index (κ2) is 11.0. The Balaban J connectivity index is 1.40. The molecule has 0 saturated heterocycles. The number of anilines is 1. The number of benzene rings is 3. The summed E-state index contributed by atoms with van der Waals surface area (Å²) in [6.45, 7) is 10.5. The fraction of sp³-hybridized carbons (Fsp3) is 0.300. The molecule has 9 heteroatoms. The lowest BCUT2D eigenvalue weighted by atomic mass is 9.87. The molecule has 0 aliphatic carbocycles. The predicted octanol–water partition coefficient (Wildman–Crippen LogP) is 5.55. The van der Waals surface area contributed by atoms with Gasteiger partial charge >= 0.3 is 0 Å². The van der Waals surface area contributed by atoms with E-state index in [9.17, 15) is 13.2 Å². The molecule has 0 spiro atoms. The lowest BCUT2D eigenvalue weighted by molar-refractivity contribution is 0.0946. The van der Waals surface area contributed by atoms with Crippen molar-refractivity contribution in [3.8, 4) is 11.4 Å². The molecule has 8 nitrogen and oxygen atoms in total. The lowest BCUT2D eigenvalue weighted by Crippen LogP contribution is -2.30. The lowest BCUT2D eigenvalue weighted by Gasteiger charge is -2.26. The number of aromatic nitrogens is 2. The minimum absolute atomic E-state index is 0.0521. The standard InChI is InChI=1S/C30H34N4O4S/c1-20-8-7-9-21(2)27(20)34(39(6,36)37)19-22-10-12-24(13-11-22)29(35)31-18-26-32-28(33-38-26)23-14-16-25(17-15-23)30(3,4)5/h7-17H,18-19H2,1-6H3,(H,31,35). The second-order valence-corrected chi connectivity index (χ2v) is 12.6. The van der Waals surface area contributed by atoms with Gasteiger partial charge in [0, 0.05) is 11.1 Å². The first-order chi connectivity index (χ1) is 18.3. The van der Waals surface area contributed by atoms with Crippen molar-refractivity contribution in [2.75, 3.05) is 10.6 Å². The first-order valence-electron chi connectivity index (χ1n) is 12.7. The molecule has 4 aromatic rings. The molecule has 3 aromatic carbocycles. The van der Waals surface area contributed by atoms with Gasteiger partial charge in [0.1, 0.15) is 0 Å². The molecule has 0 atom stereocenters. The van der Waals surface area contributed by atoms with Gasteiger partial charge in [0.05, 0.1) is 25.0 Å². The maximum atomic E-state index is 12.7. The Kier molecular flexibility index (Phi) is 7.92. The number of hydrogen-bond acceptors (Lipinski definition) is 6. The van der Waals surface area contributed by atoms with Crippen molar-refractivity contribution in [3.63, 3.8) is 0 Å². The van der Waals surface area contributed by atoms with Crippen LogP contribution >= 0.6 is 0 Å². The Hall–Kier alpha value is -3.98. The smallest absolute Gasteiger partial charge is 0.251 e. The number of para-hydroxylation sites is 1. The van der Waals surface area contributed by atoms with Crippen molar-refractivity contribution in [1.29, 1.82) is 0 Å². The third-order valence-corrected chi connectivity index (χ3v) is 7.62. The Morgan fingerprint density at radius 3 is 2.13 bits per heavy atom. The van der Waals surface area contributed by atoms with Crippen LogP contribution in [0.1, 0.15) is 59.3 Å². The molecule has 1 heterocycles. The minimum atomic E-state index is -3.52. The van der Waals surface area contributed by atoms with Crippen LogP contribution < -0.4 is 9.62 Å². The molecule has 0 unspecified atom stereocenters. The third kappa shape index (κ3) is 6.72. The average Bonchev–Trinajstić information content (AvgIpc) is 3.35. The van der Waals surface area contributed by atoms with Crippen LogP contribution in [0, 0.1) is 13.8 Å². The zero-order valence-corrected chi connectivity index (χ0v) is 24.0. The van der Waals surface area contributed by atoms with E-state index in [4.69, 9.17) is 4.52 Å². The predicted molar refractivity (Wildman–Crippen MR) is 153 cm³/mol. The number of carbonyl (C=O) groups excluding carboxylic acids is 1. The van der Waals surface area contributed by atoms with Crippen molar-refractivity contribution >= 4 is 21.6 Å². The first-order valence-corrected chi connectivity index (χ1v) is 14.5. The summed E-state index contributed by atoms with van der Waals surface area (Å²) >= 11 is 0. The van der Waals surface area contributed by atoms with Crippen molar-refractivity contribution in [1.82, 2.24) is 15.5 Å². The molecular weight excluding hydrogens is 512 g/mol. The van der Waals surface area contributed by atoms with Crippen LogP contribution in [-0.4, -0.2) is 30.7 Å². The monoisotopic (exact) mass is 546 g/mol. The Labute approximate surface area is 230 Å². The fourth-order valence-electron chi connectivity index (χ4n) is 4.31. The Morgan fingerprint density at radius 1 is 0.949 bits per heavy atom. The molecule has 1 aromatic heterocycles. The number of sulfonamides is 1. The molecule has 0 aliphatic rings. The van der Waals surface area contributed by atoms with Crippen molar-refractivity contribution in [2.24, 2.45) is 0 Å². The fourth-order valence-corrected chi connectivity index (χ4v) is 5.31. The number of carbonyl (C=O) groups is 1. The summed E-state index contributed by atoms with van der Waals surface area (Å²) in [7, 11) is -3.52. The topological polar surface area (TPSA) is 105 Å². The molecule has 0 fully saturated rings. The summed E-state index contributed by atoms with van der Waals surface area (Å²) < 4.78 is 32.0. The SMILES string of the molecule is Cc1cccc(C)c1N(Cc1ccc(C(=O)NCc2nc(-c3ccc(C(C)(C)C)cc3)no2)cc1)S(C)(=O)=O. The van der Waals surface area contributed by atoms with Gasteiger partial charge in [-0.1, -0.05) is 80.5 Å². The summed E-state index contributed by atoms with van der Waals surface area (Å²) in [4.78, 5) is 17.1. The molecule has 0 bridgehead atoms. The second-order valence-electron chi connectivity index (χ2n) is 10.7. The maximum absolute atomic E-state index is 12.7. The van der Waals surface area contributed by atoms with Gasteiger partial charge in [-0.2, -0.15) is 4.98 Å². The molecule has 0 aliphatic heterocycles. The van der Waals surface area contributed by atoms with Crippen LogP contribution in [0.3, 0.4) is 0 Å². The number of rotatable bonds is 8. The summed E-state index contributed by atoms with van der Waals surface area (Å²) in [5, 5.41) is 6.83. The molecule has 0 saturated carbocycles. The summed E-state index contributed by atoms with van der Waals surface area (Å²) in [5.41, 5.74) is 5.73. The normalized spacial score (nSPS) is 11.8. The van der Waals surface area contributed by atoms with Crippen molar-refractivity contribution < 1.29 is 17.7 Å². The van der Waals surface area contributed by atoms with Gasteiger partial charge in [-0.25, -0.2) is 8.42 Å². The molecule has 1 amide bonds. The van der Waals surface area contributed by atoms with E-state index in [0.29, 0.717) is 23.0 Å². The third-order valence-electron chi connectivity index (χ3n) is 6.51. The van der Waals surface area contributed by atoms with Gasteiger partial charge in [0.15, 0.2) is 0 Å². The molecular formula is C30H34N4O4S. The van der Waals surface area contributed by atoms with Gasteiger partial charge in [-0.15, -0.1) is 0 Å². The van der Waals surface area contributed by atoms with Gasteiger partial charge in [0.25, 0.3) is 5.91 Å². The van der Waals surface area contributed by atoms with Gasteiger partial charge in [-0.3, -0.25) is 9.10 Å². The van der Waals surface area contributed by atoms with E-state index >= 15 is 0 Å². The quantitative estimate of drug-likeness (QED) is 0.311. The van der Waals surface area contributed by atoms with Crippen LogP contribution in [0.4, 0.5) is 5.69 Å². The van der Waals surface area contributed by atoms with E-state index in [-0.39, 0.29) is 24.4 Å². The number of aryl methyl sites for hydroxylation is 2. The van der Waals surface area contributed by atoms with E-state index in [0.717, 1.165) is 22.3 Å². The van der Waals surface area contributed by atoms with Crippen LogP contribution in [0.25, 0.3) is 11.4 Å². The van der Waals surface area contributed by atoms with Crippen molar-refractivity contribution in [3.05, 3.63) is 100 Å². The van der Waals surface area contributed by atoms with Crippen LogP contribution in [0.15, 0.2) is 71.3 Å². The molecule has 39 heavy (non-hydrogen) atoms. The number of nitrogens with zero attached hydrogens (tertiary/aromatic N) is 3. The zero-order valence-electron chi connectivity index (χ0n) is 23.1. The van der Waals surface area contributed by atoms with Crippen LogP contribution in [0.2, 0.25) is 0 Å². The molecule has 204 valence electrons. The number of amides is 1. The highest BCUT2D eigenvalue weighted by Crippen LogP contribution is 2.29. The number of nitrogens with one attached hydrogen (secondary N) is 1. The Bertz CT molecular complexity index is 1550. The van der Waals surface area contributed by atoms with E-state index in [2.05, 4.69) is 36.2 Å². The first kappa shape index (κ1) is 28.0. The highest BCUT2D eigenvalue weighted by molar-refractivity contribution is 7.92. The maximum Gasteiger partial charge on any atom is 0.251 e. The van der Waals surface area contributed by atoms with Crippen LogP contribution in [-0.2, 0) is 28.5 Å². The average molecular weight is 547 g/mol. The molecule has 4 rings (SSSR count). The van der Waals surface area contributed by atoms with Gasteiger partial charge in [-0.05, 0) is 53.6 Å². The largest absolute Gasteiger partial charge is 0.343 e. The van der Waals surface area contributed by atoms with Crippen LogP contribution in [0.5, 0.6) is 0 Å². The number of hydrogen-bond donors (Lipinski definition) is 1. The summed E-state index contributed by atoms with van der Waals surface area (Å²) in [6, 6.07) is 20.6.